The predicted molar refractivity (Wildman–Crippen MR) is 68.7 cm³/mol. The average molecular weight is 306 g/mol. The van der Waals surface area contributed by atoms with Crippen LogP contribution in [0.3, 0.4) is 0 Å². The fourth-order valence-electron chi connectivity index (χ4n) is 2.15. The lowest BCUT2D eigenvalue weighted by Crippen LogP contribution is -2.50. The van der Waals surface area contributed by atoms with Gasteiger partial charge in [0.15, 0.2) is 0 Å². The van der Waals surface area contributed by atoms with Gasteiger partial charge in [-0.2, -0.15) is 13.2 Å². The van der Waals surface area contributed by atoms with Gasteiger partial charge in [0.1, 0.15) is 0 Å². The SMILES string of the molecule is C=CCCC1(C(F)(F)F)OC(=O)Nc2ccc(Cl)cc21. The Bertz CT molecular complexity index is 559. The number of rotatable bonds is 3. The number of halogens is 4. The van der Waals surface area contributed by atoms with Gasteiger partial charge in [0, 0.05) is 17.0 Å². The molecular formula is C13H11ClF3NO2. The number of amides is 1. The molecule has 1 atom stereocenters. The summed E-state index contributed by atoms with van der Waals surface area (Å²) in [6, 6.07) is 3.89. The van der Waals surface area contributed by atoms with Crippen LogP contribution in [-0.4, -0.2) is 12.3 Å². The maximum Gasteiger partial charge on any atom is 0.432 e. The van der Waals surface area contributed by atoms with Gasteiger partial charge in [0.2, 0.25) is 5.60 Å². The maximum absolute atomic E-state index is 13.5. The van der Waals surface area contributed by atoms with Crippen LogP contribution in [0.2, 0.25) is 5.02 Å². The van der Waals surface area contributed by atoms with Crippen molar-refractivity contribution in [3.05, 3.63) is 41.4 Å². The summed E-state index contributed by atoms with van der Waals surface area (Å²) in [5.74, 6) is 0. The summed E-state index contributed by atoms with van der Waals surface area (Å²) in [6.45, 7) is 3.40. The molecule has 1 N–H and O–H groups in total. The Labute approximate surface area is 118 Å². The maximum atomic E-state index is 13.5. The Morgan fingerprint density at radius 3 is 2.75 bits per heavy atom. The number of fused-ring (bicyclic) bond motifs is 1. The summed E-state index contributed by atoms with van der Waals surface area (Å²) in [4.78, 5) is 11.4. The van der Waals surface area contributed by atoms with Crippen molar-refractivity contribution in [3.8, 4) is 0 Å². The predicted octanol–water partition coefficient (Wildman–Crippen LogP) is 4.63. The van der Waals surface area contributed by atoms with Crippen molar-refractivity contribution < 1.29 is 22.7 Å². The van der Waals surface area contributed by atoms with Gasteiger partial charge in [-0.15, -0.1) is 6.58 Å². The number of cyclic esters (lactones) is 1. The van der Waals surface area contributed by atoms with E-state index in [9.17, 15) is 18.0 Å². The fraction of sp³-hybridized carbons (Fsp3) is 0.308. The van der Waals surface area contributed by atoms with Gasteiger partial charge >= 0.3 is 12.3 Å². The molecule has 0 aromatic heterocycles. The summed E-state index contributed by atoms with van der Waals surface area (Å²) < 4.78 is 45.2. The molecule has 0 fully saturated rings. The lowest BCUT2D eigenvalue weighted by Gasteiger charge is -2.39. The van der Waals surface area contributed by atoms with Crippen LogP contribution in [0.4, 0.5) is 23.7 Å². The number of ether oxygens (including phenoxy) is 1. The Balaban J connectivity index is 2.64. The van der Waals surface area contributed by atoms with E-state index in [1.807, 2.05) is 0 Å². The molecule has 1 unspecified atom stereocenters. The van der Waals surface area contributed by atoms with Crippen LogP contribution in [0.1, 0.15) is 18.4 Å². The molecule has 1 amide bonds. The minimum atomic E-state index is -4.76. The van der Waals surface area contributed by atoms with Crippen molar-refractivity contribution in [1.82, 2.24) is 0 Å². The quantitative estimate of drug-likeness (QED) is 0.827. The molecule has 20 heavy (non-hydrogen) atoms. The molecule has 3 nitrogen and oxygen atoms in total. The topological polar surface area (TPSA) is 38.3 Å². The zero-order chi connectivity index (χ0) is 15.0. The first kappa shape index (κ1) is 14.7. The van der Waals surface area contributed by atoms with Gasteiger partial charge in [-0.3, -0.25) is 5.32 Å². The Morgan fingerprint density at radius 2 is 2.15 bits per heavy atom. The van der Waals surface area contributed by atoms with Crippen LogP contribution in [0.25, 0.3) is 0 Å². The van der Waals surface area contributed by atoms with Gasteiger partial charge in [0.05, 0.1) is 5.69 Å². The van der Waals surface area contributed by atoms with E-state index in [0.717, 1.165) is 6.07 Å². The van der Waals surface area contributed by atoms with E-state index in [2.05, 4.69) is 16.6 Å². The van der Waals surface area contributed by atoms with Gasteiger partial charge in [-0.05, 0) is 24.6 Å². The molecule has 1 aliphatic heterocycles. The molecule has 7 heteroatoms. The largest absolute Gasteiger partial charge is 0.432 e. The Hall–Kier alpha value is -1.69. The third-order valence-corrected chi connectivity index (χ3v) is 3.31. The highest BCUT2D eigenvalue weighted by atomic mass is 35.5. The molecule has 0 spiro atoms. The normalized spacial score (nSPS) is 21.7. The molecular weight excluding hydrogens is 295 g/mol. The zero-order valence-corrected chi connectivity index (χ0v) is 11.0. The van der Waals surface area contributed by atoms with Crippen LogP contribution in [0.15, 0.2) is 30.9 Å². The number of hydrogen-bond acceptors (Lipinski definition) is 2. The lowest BCUT2D eigenvalue weighted by atomic mass is 9.86. The number of hydrogen-bond donors (Lipinski definition) is 1. The van der Waals surface area contributed by atoms with Gasteiger partial charge in [-0.1, -0.05) is 17.7 Å². The number of benzene rings is 1. The number of nitrogens with one attached hydrogen (secondary N) is 1. The monoisotopic (exact) mass is 305 g/mol. The lowest BCUT2D eigenvalue weighted by molar-refractivity contribution is -0.267. The molecule has 1 aliphatic rings. The molecule has 2 rings (SSSR count). The van der Waals surface area contributed by atoms with E-state index in [-0.39, 0.29) is 22.7 Å². The molecule has 1 aromatic carbocycles. The molecule has 1 aromatic rings. The second-order valence-corrected chi connectivity index (χ2v) is 4.79. The first-order chi connectivity index (χ1) is 9.30. The minimum Gasteiger partial charge on any atom is -0.428 e. The highest BCUT2D eigenvalue weighted by Crippen LogP contribution is 2.50. The van der Waals surface area contributed by atoms with Crippen molar-refractivity contribution in [3.63, 3.8) is 0 Å². The Kier molecular flexibility index (Phi) is 3.69. The van der Waals surface area contributed by atoms with Crippen LogP contribution in [0.5, 0.6) is 0 Å². The summed E-state index contributed by atoms with van der Waals surface area (Å²) in [5.41, 5.74) is -2.85. The van der Waals surface area contributed by atoms with E-state index in [1.54, 1.807) is 0 Å². The van der Waals surface area contributed by atoms with Gasteiger partial charge < -0.3 is 4.74 Å². The van der Waals surface area contributed by atoms with Crippen molar-refractivity contribution in [2.75, 3.05) is 5.32 Å². The third-order valence-electron chi connectivity index (χ3n) is 3.08. The number of carbonyl (C=O) groups is 1. The third kappa shape index (κ3) is 2.35. The number of allylic oxidation sites excluding steroid dienone is 1. The summed E-state index contributed by atoms with van der Waals surface area (Å²) >= 11 is 5.77. The molecule has 108 valence electrons. The van der Waals surface area contributed by atoms with Crippen molar-refractivity contribution in [2.24, 2.45) is 0 Å². The zero-order valence-electron chi connectivity index (χ0n) is 10.3. The van der Waals surface area contributed by atoms with Crippen LogP contribution >= 0.6 is 11.6 Å². The fourth-order valence-corrected chi connectivity index (χ4v) is 2.32. The molecule has 0 radical (unpaired) electrons. The number of carbonyl (C=O) groups excluding carboxylic acids is 1. The smallest absolute Gasteiger partial charge is 0.428 e. The second-order valence-electron chi connectivity index (χ2n) is 4.36. The molecule has 0 aliphatic carbocycles. The number of alkyl halides is 3. The van der Waals surface area contributed by atoms with E-state index >= 15 is 0 Å². The van der Waals surface area contributed by atoms with Crippen molar-refractivity contribution in [2.45, 2.75) is 24.6 Å². The van der Waals surface area contributed by atoms with Crippen LogP contribution in [0, 0.1) is 0 Å². The van der Waals surface area contributed by atoms with E-state index in [0.29, 0.717) is 0 Å². The standard InChI is InChI=1S/C13H11ClF3NO2/c1-2-3-6-12(13(15,16)17)9-7-8(14)4-5-10(9)18-11(19)20-12/h2,4-5,7H,1,3,6H2,(H,18,19). The first-order valence-electron chi connectivity index (χ1n) is 5.78. The van der Waals surface area contributed by atoms with Crippen molar-refractivity contribution >= 4 is 23.4 Å². The van der Waals surface area contributed by atoms with Gasteiger partial charge in [-0.25, -0.2) is 4.79 Å². The Morgan fingerprint density at radius 1 is 1.45 bits per heavy atom. The summed E-state index contributed by atoms with van der Waals surface area (Å²) in [5, 5.41) is 2.38. The number of anilines is 1. The highest BCUT2D eigenvalue weighted by Gasteiger charge is 2.61. The molecule has 1 heterocycles. The van der Waals surface area contributed by atoms with Crippen LogP contribution in [-0.2, 0) is 10.3 Å². The highest BCUT2D eigenvalue weighted by molar-refractivity contribution is 6.30. The van der Waals surface area contributed by atoms with E-state index in [1.165, 1.54) is 18.2 Å². The molecule has 0 saturated carbocycles. The molecule has 0 bridgehead atoms. The van der Waals surface area contributed by atoms with Crippen molar-refractivity contribution in [1.29, 1.82) is 0 Å². The first-order valence-corrected chi connectivity index (χ1v) is 6.15. The van der Waals surface area contributed by atoms with E-state index < -0.39 is 24.3 Å². The minimum absolute atomic E-state index is 0.0404. The van der Waals surface area contributed by atoms with E-state index in [4.69, 9.17) is 11.6 Å². The molecule has 0 saturated heterocycles. The van der Waals surface area contributed by atoms with Crippen LogP contribution < -0.4 is 5.32 Å². The average Bonchev–Trinajstić information content (AvgIpc) is 2.35. The summed E-state index contributed by atoms with van der Waals surface area (Å²) in [6.07, 6.45) is -4.96. The second kappa shape index (κ2) is 5.01. The van der Waals surface area contributed by atoms with Gasteiger partial charge in [0.25, 0.3) is 0 Å². The summed E-state index contributed by atoms with van der Waals surface area (Å²) in [7, 11) is 0.